The molecule has 0 aromatic heterocycles. The molecule has 230 valence electrons. The van der Waals surface area contributed by atoms with Gasteiger partial charge in [0, 0.05) is 16.8 Å². The topological polar surface area (TPSA) is 3.24 Å². The van der Waals surface area contributed by atoms with Crippen LogP contribution in [0, 0.1) is 0 Å². The van der Waals surface area contributed by atoms with Crippen molar-refractivity contribution < 1.29 is 0 Å². The highest BCUT2D eigenvalue weighted by molar-refractivity contribution is 6.22. The van der Waals surface area contributed by atoms with Crippen molar-refractivity contribution in [2.24, 2.45) is 0 Å². The van der Waals surface area contributed by atoms with Crippen LogP contribution in [0.4, 0.5) is 17.1 Å². The zero-order valence-electron chi connectivity index (χ0n) is 27.0. The number of hydrogen-bond acceptors (Lipinski definition) is 1. The zero-order chi connectivity index (χ0) is 32.6. The quantitative estimate of drug-likeness (QED) is 0.167. The van der Waals surface area contributed by atoms with Gasteiger partial charge < -0.3 is 4.90 Å². The van der Waals surface area contributed by atoms with E-state index in [4.69, 9.17) is 0 Å². The molecule has 0 radical (unpaired) electrons. The van der Waals surface area contributed by atoms with Gasteiger partial charge in [-0.3, -0.25) is 0 Å². The summed E-state index contributed by atoms with van der Waals surface area (Å²) < 4.78 is 0. The molecule has 49 heavy (non-hydrogen) atoms. The van der Waals surface area contributed by atoms with E-state index in [1.807, 2.05) is 0 Å². The second kappa shape index (κ2) is 12.3. The van der Waals surface area contributed by atoms with Crippen LogP contribution in [0.25, 0.3) is 65.7 Å². The van der Waals surface area contributed by atoms with Crippen molar-refractivity contribution in [2.75, 3.05) is 4.90 Å². The summed E-state index contributed by atoms with van der Waals surface area (Å²) in [7, 11) is 0. The molecule has 0 saturated heterocycles. The summed E-state index contributed by atoms with van der Waals surface area (Å²) in [6, 6.07) is 72.3. The molecule has 0 saturated carbocycles. The van der Waals surface area contributed by atoms with Crippen molar-refractivity contribution in [3.8, 4) is 33.4 Å². The third-order valence-electron chi connectivity index (χ3n) is 9.63. The van der Waals surface area contributed by atoms with E-state index in [2.05, 4.69) is 205 Å². The fraction of sp³-hybridized carbons (Fsp3) is 0. The molecule has 9 aromatic carbocycles. The average molecular weight is 624 g/mol. The first-order valence-electron chi connectivity index (χ1n) is 16.9. The van der Waals surface area contributed by atoms with Crippen LogP contribution < -0.4 is 4.90 Å². The van der Waals surface area contributed by atoms with E-state index in [9.17, 15) is 0 Å². The molecule has 1 heteroatoms. The van der Waals surface area contributed by atoms with Gasteiger partial charge in [-0.2, -0.15) is 0 Å². The maximum atomic E-state index is 2.39. The van der Waals surface area contributed by atoms with Crippen LogP contribution in [-0.2, 0) is 0 Å². The Bertz CT molecular complexity index is 2570. The summed E-state index contributed by atoms with van der Waals surface area (Å²) in [5, 5.41) is 7.50. The lowest BCUT2D eigenvalue weighted by atomic mass is 9.85. The van der Waals surface area contributed by atoms with Gasteiger partial charge in [0.25, 0.3) is 0 Å². The first kappa shape index (κ1) is 28.8. The summed E-state index contributed by atoms with van der Waals surface area (Å²) in [6.07, 6.45) is 0. The molecule has 0 atom stereocenters. The second-order valence-corrected chi connectivity index (χ2v) is 12.5. The summed E-state index contributed by atoms with van der Waals surface area (Å²) in [6.45, 7) is 0. The van der Waals surface area contributed by atoms with Crippen LogP contribution in [0.15, 0.2) is 200 Å². The zero-order valence-corrected chi connectivity index (χ0v) is 27.0. The van der Waals surface area contributed by atoms with Crippen molar-refractivity contribution in [3.05, 3.63) is 200 Å². The molecular weight excluding hydrogens is 591 g/mol. The molecule has 9 aromatic rings. The van der Waals surface area contributed by atoms with Gasteiger partial charge >= 0.3 is 0 Å². The molecule has 0 N–H and O–H groups in total. The minimum atomic E-state index is 1.12. The molecule has 0 fully saturated rings. The predicted octanol–water partition coefficient (Wildman–Crippen LogP) is 13.6. The molecule has 0 aliphatic carbocycles. The third kappa shape index (κ3) is 5.13. The van der Waals surface area contributed by atoms with Crippen LogP contribution in [0.3, 0.4) is 0 Å². The fourth-order valence-electron chi connectivity index (χ4n) is 7.40. The van der Waals surface area contributed by atoms with Gasteiger partial charge in [0.05, 0.1) is 5.69 Å². The van der Waals surface area contributed by atoms with E-state index in [0.717, 1.165) is 17.1 Å². The standard InChI is InChI=1S/C48H33N/c1-4-16-36(17-5-1)47-42-24-12-13-25-43(42)48(37-18-6-2-7-19-37)45-33-38(29-32-44(45)47)34-27-30-40(31-28-34)49(39-21-8-3-9-22-39)46-26-14-20-35-15-10-11-23-41(35)46/h1-33H. The van der Waals surface area contributed by atoms with Gasteiger partial charge in [0.15, 0.2) is 0 Å². The normalized spacial score (nSPS) is 11.3. The molecule has 0 spiro atoms. The van der Waals surface area contributed by atoms with E-state index in [0.29, 0.717) is 0 Å². The Morgan fingerprint density at radius 1 is 0.265 bits per heavy atom. The van der Waals surface area contributed by atoms with Crippen LogP contribution >= 0.6 is 0 Å². The number of fused-ring (bicyclic) bond motifs is 3. The van der Waals surface area contributed by atoms with Crippen LogP contribution in [0.5, 0.6) is 0 Å². The first-order valence-corrected chi connectivity index (χ1v) is 16.9. The molecular formula is C48H33N. The lowest BCUT2D eigenvalue weighted by Gasteiger charge is -2.27. The van der Waals surface area contributed by atoms with Crippen LogP contribution in [0.2, 0.25) is 0 Å². The number of rotatable bonds is 6. The van der Waals surface area contributed by atoms with Gasteiger partial charge in [-0.05, 0) is 96.7 Å². The lowest BCUT2D eigenvalue weighted by Crippen LogP contribution is -2.10. The summed E-state index contributed by atoms with van der Waals surface area (Å²) in [5.74, 6) is 0. The highest BCUT2D eigenvalue weighted by atomic mass is 15.1. The smallest absolute Gasteiger partial charge is 0.0540 e. The second-order valence-electron chi connectivity index (χ2n) is 12.5. The van der Waals surface area contributed by atoms with Gasteiger partial charge in [-0.1, -0.05) is 164 Å². The summed E-state index contributed by atoms with van der Waals surface area (Å²) in [5.41, 5.74) is 10.8. The highest BCUT2D eigenvalue weighted by Gasteiger charge is 2.18. The van der Waals surface area contributed by atoms with Crippen molar-refractivity contribution in [1.29, 1.82) is 0 Å². The van der Waals surface area contributed by atoms with Crippen LogP contribution in [0.1, 0.15) is 0 Å². The number of benzene rings is 9. The van der Waals surface area contributed by atoms with E-state index in [-0.39, 0.29) is 0 Å². The molecule has 0 aliphatic rings. The average Bonchev–Trinajstić information content (AvgIpc) is 3.18. The predicted molar refractivity (Wildman–Crippen MR) is 210 cm³/mol. The number of para-hydroxylation sites is 1. The van der Waals surface area contributed by atoms with Gasteiger partial charge in [-0.25, -0.2) is 0 Å². The van der Waals surface area contributed by atoms with Crippen molar-refractivity contribution in [3.63, 3.8) is 0 Å². The molecule has 1 nitrogen and oxygen atoms in total. The Hall–Kier alpha value is -6.44. The van der Waals surface area contributed by atoms with Gasteiger partial charge in [-0.15, -0.1) is 0 Å². The largest absolute Gasteiger partial charge is 0.310 e. The molecule has 0 heterocycles. The minimum absolute atomic E-state index is 1.12. The van der Waals surface area contributed by atoms with Crippen molar-refractivity contribution in [1.82, 2.24) is 0 Å². The van der Waals surface area contributed by atoms with E-state index in [1.54, 1.807) is 0 Å². The Labute approximate surface area is 287 Å². The minimum Gasteiger partial charge on any atom is -0.310 e. The van der Waals surface area contributed by atoms with Gasteiger partial charge in [0.1, 0.15) is 0 Å². The highest BCUT2D eigenvalue weighted by Crippen LogP contribution is 2.45. The molecule has 0 aliphatic heterocycles. The maximum absolute atomic E-state index is 2.39. The first-order chi connectivity index (χ1) is 24.3. The Kier molecular flexibility index (Phi) is 7.22. The summed E-state index contributed by atoms with van der Waals surface area (Å²) in [4.78, 5) is 2.36. The van der Waals surface area contributed by atoms with E-state index in [1.165, 1.54) is 65.7 Å². The summed E-state index contributed by atoms with van der Waals surface area (Å²) >= 11 is 0. The Morgan fingerprint density at radius 2 is 0.735 bits per heavy atom. The lowest BCUT2D eigenvalue weighted by molar-refractivity contribution is 1.30. The molecule has 0 unspecified atom stereocenters. The third-order valence-corrected chi connectivity index (χ3v) is 9.63. The molecule has 0 bridgehead atoms. The molecule has 9 rings (SSSR count). The monoisotopic (exact) mass is 623 g/mol. The maximum Gasteiger partial charge on any atom is 0.0540 e. The molecule has 0 amide bonds. The number of hydrogen-bond donors (Lipinski definition) is 0. The number of anilines is 3. The van der Waals surface area contributed by atoms with E-state index < -0.39 is 0 Å². The van der Waals surface area contributed by atoms with Crippen molar-refractivity contribution >= 4 is 49.4 Å². The SMILES string of the molecule is c1ccc(-c2c3ccccc3c(-c3ccccc3)c3cc(-c4ccc(N(c5ccccc5)c5cccc6ccccc56)cc4)ccc23)cc1. The van der Waals surface area contributed by atoms with Crippen molar-refractivity contribution in [2.45, 2.75) is 0 Å². The van der Waals surface area contributed by atoms with E-state index >= 15 is 0 Å². The van der Waals surface area contributed by atoms with Gasteiger partial charge in [0.2, 0.25) is 0 Å². The number of nitrogens with zero attached hydrogens (tertiary/aromatic N) is 1. The fourth-order valence-corrected chi connectivity index (χ4v) is 7.40. The van der Waals surface area contributed by atoms with Crippen LogP contribution in [-0.4, -0.2) is 0 Å². The Morgan fingerprint density at radius 3 is 1.39 bits per heavy atom. The Balaban J connectivity index is 1.23.